The van der Waals surface area contributed by atoms with Crippen LogP contribution < -0.4 is 10.1 Å². The highest BCUT2D eigenvalue weighted by molar-refractivity contribution is 5.80. The SMILES string of the molecule is CN=C(NCc1ccccc1OC)N1CCCC(C)C1. The Balaban J connectivity index is 1.97. The number of benzene rings is 1. The second-order valence-corrected chi connectivity index (χ2v) is 5.41. The lowest BCUT2D eigenvalue weighted by Gasteiger charge is -2.33. The number of nitrogens with zero attached hydrogens (tertiary/aromatic N) is 2. The van der Waals surface area contributed by atoms with E-state index in [2.05, 4.69) is 28.2 Å². The van der Waals surface area contributed by atoms with Gasteiger partial charge in [-0.1, -0.05) is 25.1 Å². The molecule has 1 aliphatic rings. The monoisotopic (exact) mass is 275 g/mol. The van der Waals surface area contributed by atoms with E-state index in [1.807, 2.05) is 25.2 Å². The summed E-state index contributed by atoms with van der Waals surface area (Å²) in [6, 6.07) is 8.09. The maximum atomic E-state index is 5.38. The van der Waals surface area contributed by atoms with Crippen molar-refractivity contribution in [2.24, 2.45) is 10.9 Å². The minimum absolute atomic E-state index is 0.738. The van der Waals surface area contributed by atoms with E-state index >= 15 is 0 Å². The molecule has 0 aromatic heterocycles. The minimum atomic E-state index is 0.738. The smallest absolute Gasteiger partial charge is 0.193 e. The molecule has 0 spiro atoms. The van der Waals surface area contributed by atoms with Crippen LogP contribution in [0.25, 0.3) is 0 Å². The molecular formula is C16H25N3O. The minimum Gasteiger partial charge on any atom is -0.496 e. The summed E-state index contributed by atoms with van der Waals surface area (Å²) in [5.41, 5.74) is 1.15. The van der Waals surface area contributed by atoms with Gasteiger partial charge in [0.1, 0.15) is 5.75 Å². The van der Waals surface area contributed by atoms with Crippen LogP contribution in [0.15, 0.2) is 29.3 Å². The van der Waals surface area contributed by atoms with Crippen LogP contribution in [-0.2, 0) is 6.54 Å². The molecule has 110 valence electrons. The molecule has 1 aliphatic heterocycles. The molecule has 1 N–H and O–H groups in total. The fraction of sp³-hybridized carbons (Fsp3) is 0.562. The average molecular weight is 275 g/mol. The number of nitrogens with one attached hydrogen (secondary N) is 1. The van der Waals surface area contributed by atoms with Gasteiger partial charge in [0.2, 0.25) is 0 Å². The number of guanidine groups is 1. The molecule has 1 heterocycles. The van der Waals surface area contributed by atoms with Gasteiger partial charge >= 0.3 is 0 Å². The van der Waals surface area contributed by atoms with Gasteiger partial charge in [0.15, 0.2) is 5.96 Å². The third kappa shape index (κ3) is 3.65. The van der Waals surface area contributed by atoms with Gasteiger partial charge in [-0.25, -0.2) is 0 Å². The number of ether oxygens (including phenoxy) is 1. The van der Waals surface area contributed by atoms with Crippen LogP contribution in [0.1, 0.15) is 25.3 Å². The van der Waals surface area contributed by atoms with E-state index in [0.717, 1.165) is 42.8 Å². The fourth-order valence-electron chi connectivity index (χ4n) is 2.74. The van der Waals surface area contributed by atoms with Gasteiger partial charge in [-0.05, 0) is 24.8 Å². The lowest BCUT2D eigenvalue weighted by atomic mass is 10.0. The van der Waals surface area contributed by atoms with Crippen LogP contribution in [-0.4, -0.2) is 38.1 Å². The Hall–Kier alpha value is -1.71. The van der Waals surface area contributed by atoms with Crippen molar-refractivity contribution in [2.75, 3.05) is 27.2 Å². The Morgan fingerprint density at radius 2 is 2.25 bits per heavy atom. The highest BCUT2D eigenvalue weighted by Crippen LogP contribution is 2.18. The van der Waals surface area contributed by atoms with Gasteiger partial charge in [0, 0.05) is 32.2 Å². The molecule has 0 bridgehead atoms. The Morgan fingerprint density at radius 3 is 2.95 bits per heavy atom. The van der Waals surface area contributed by atoms with E-state index in [9.17, 15) is 0 Å². The first kappa shape index (κ1) is 14.7. The number of aliphatic imine (C=N–C) groups is 1. The van der Waals surface area contributed by atoms with Crippen molar-refractivity contribution in [3.63, 3.8) is 0 Å². The normalized spacial score (nSPS) is 19.9. The molecule has 0 amide bonds. The van der Waals surface area contributed by atoms with E-state index < -0.39 is 0 Å². The molecule has 0 radical (unpaired) electrons. The number of likely N-dealkylation sites (tertiary alicyclic amines) is 1. The first-order valence-electron chi connectivity index (χ1n) is 7.32. The fourth-order valence-corrected chi connectivity index (χ4v) is 2.74. The average Bonchev–Trinajstić information content (AvgIpc) is 2.48. The van der Waals surface area contributed by atoms with Gasteiger partial charge in [0.05, 0.1) is 7.11 Å². The van der Waals surface area contributed by atoms with E-state index in [0.29, 0.717) is 0 Å². The molecule has 0 aliphatic carbocycles. The Kier molecular flexibility index (Phi) is 5.27. The molecule has 4 nitrogen and oxygen atoms in total. The molecule has 4 heteroatoms. The van der Waals surface area contributed by atoms with Gasteiger partial charge in [-0.2, -0.15) is 0 Å². The summed E-state index contributed by atoms with van der Waals surface area (Å²) in [6.07, 6.45) is 2.57. The Bertz CT molecular complexity index is 459. The van der Waals surface area contributed by atoms with Gasteiger partial charge in [-0.15, -0.1) is 0 Å². The number of hydrogen-bond acceptors (Lipinski definition) is 2. The van der Waals surface area contributed by atoms with Crippen LogP contribution in [0.2, 0.25) is 0 Å². The summed E-state index contributed by atoms with van der Waals surface area (Å²) in [5, 5.41) is 3.45. The largest absolute Gasteiger partial charge is 0.496 e. The Labute approximate surface area is 121 Å². The third-order valence-corrected chi connectivity index (χ3v) is 3.80. The van der Waals surface area contributed by atoms with Crippen LogP contribution in [0.4, 0.5) is 0 Å². The number of para-hydroxylation sites is 1. The van der Waals surface area contributed by atoms with E-state index in [4.69, 9.17) is 4.74 Å². The maximum absolute atomic E-state index is 5.38. The molecule has 1 saturated heterocycles. The Morgan fingerprint density at radius 1 is 1.45 bits per heavy atom. The number of hydrogen-bond donors (Lipinski definition) is 1. The van der Waals surface area contributed by atoms with Crippen LogP contribution in [0, 0.1) is 5.92 Å². The van der Waals surface area contributed by atoms with Crippen molar-refractivity contribution in [2.45, 2.75) is 26.3 Å². The van der Waals surface area contributed by atoms with E-state index in [-0.39, 0.29) is 0 Å². The van der Waals surface area contributed by atoms with Gasteiger partial charge < -0.3 is 15.0 Å². The van der Waals surface area contributed by atoms with Crippen LogP contribution in [0.3, 0.4) is 0 Å². The zero-order valence-corrected chi connectivity index (χ0v) is 12.7. The molecule has 1 unspecified atom stereocenters. The van der Waals surface area contributed by atoms with Crippen molar-refractivity contribution in [3.05, 3.63) is 29.8 Å². The second kappa shape index (κ2) is 7.17. The van der Waals surface area contributed by atoms with Crippen molar-refractivity contribution in [3.8, 4) is 5.75 Å². The summed E-state index contributed by atoms with van der Waals surface area (Å²) in [7, 11) is 3.56. The number of rotatable bonds is 3. The summed E-state index contributed by atoms with van der Waals surface area (Å²) < 4.78 is 5.38. The summed E-state index contributed by atoms with van der Waals surface area (Å²) in [4.78, 5) is 6.76. The lowest BCUT2D eigenvalue weighted by Crippen LogP contribution is -2.45. The highest BCUT2D eigenvalue weighted by atomic mass is 16.5. The molecule has 1 aromatic rings. The van der Waals surface area contributed by atoms with Crippen molar-refractivity contribution < 1.29 is 4.74 Å². The summed E-state index contributed by atoms with van der Waals surface area (Å²) in [6.45, 7) is 5.22. The number of piperidine rings is 1. The van der Waals surface area contributed by atoms with Crippen LogP contribution in [0.5, 0.6) is 5.75 Å². The first-order chi connectivity index (χ1) is 9.74. The summed E-state index contributed by atoms with van der Waals surface area (Å²) in [5.74, 6) is 2.65. The quantitative estimate of drug-likeness (QED) is 0.680. The molecule has 1 aromatic carbocycles. The molecule has 1 atom stereocenters. The maximum Gasteiger partial charge on any atom is 0.193 e. The van der Waals surface area contributed by atoms with Crippen molar-refractivity contribution >= 4 is 5.96 Å². The third-order valence-electron chi connectivity index (χ3n) is 3.80. The van der Waals surface area contributed by atoms with E-state index in [1.54, 1.807) is 7.11 Å². The highest BCUT2D eigenvalue weighted by Gasteiger charge is 2.19. The van der Waals surface area contributed by atoms with Crippen molar-refractivity contribution in [1.82, 2.24) is 10.2 Å². The zero-order valence-electron chi connectivity index (χ0n) is 12.7. The molecule has 0 saturated carbocycles. The van der Waals surface area contributed by atoms with E-state index in [1.165, 1.54) is 12.8 Å². The lowest BCUT2D eigenvalue weighted by molar-refractivity contribution is 0.266. The van der Waals surface area contributed by atoms with Crippen LogP contribution >= 0.6 is 0 Å². The van der Waals surface area contributed by atoms with Gasteiger partial charge in [-0.3, -0.25) is 4.99 Å². The molecule has 2 rings (SSSR count). The standard InChI is InChI=1S/C16H25N3O/c1-13-7-6-10-19(12-13)16(17-2)18-11-14-8-4-5-9-15(14)20-3/h4-5,8-9,13H,6-7,10-12H2,1-3H3,(H,17,18). The van der Waals surface area contributed by atoms with Crippen molar-refractivity contribution in [1.29, 1.82) is 0 Å². The predicted molar refractivity (Wildman–Crippen MR) is 83.2 cm³/mol. The molecular weight excluding hydrogens is 250 g/mol. The second-order valence-electron chi connectivity index (χ2n) is 5.41. The topological polar surface area (TPSA) is 36.9 Å². The first-order valence-corrected chi connectivity index (χ1v) is 7.32. The molecule has 1 fully saturated rings. The summed E-state index contributed by atoms with van der Waals surface area (Å²) >= 11 is 0. The zero-order chi connectivity index (χ0) is 14.4. The predicted octanol–water partition coefficient (Wildman–Crippen LogP) is 2.50. The number of methoxy groups -OCH3 is 1. The van der Waals surface area contributed by atoms with Gasteiger partial charge in [0.25, 0.3) is 0 Å². The molecule has 20 heavy (non-hydrogen) atoms.